The van der Waals surface area contributed by atoms with Crippen molar-refractivity contribution in [2.45, 2.75) is 26.3 Å². The Morgan fingerprint density at radius 3 is 2.51 bits per heavy atom. The molecule has 182 valence electrons. The second kappa shape index (κ2) is 9.58. The van der Waals surface area contributed by atoms with Gasteiger partial charge < -0.3 is 14.5 Å². The van der Waals surface area contributed by atoms with Crippen LogP contribution in [0.5, 0.6) is 11.5 Å². The van der Waals surface area contributed by atoms with E-state index >= 15 is 0 Å². The van der Waals surface area contributed by atoms with Crippen LogP contribution in [-0.4, -0.2) is 58.8 Å². The van der Waals surface area contributed by atoms with Gasteiger partial charge in [-0.25, -0.2) is 4.79 Å². The van der Waals surface area contributed by atoms with Gasteiger partial charge in [0.25, 0.3) is 0 Å². The van der Waals surface area contributed by atoms with Gasteiger partial charge in [0.05, 0.1) is 18.1 Å². The van der Waals surface area contributed by atoms with Crippen LogP contribution < -0.4 is 9.64 Å². The van der Waals surface area contributed by atoms with Crippen LogP contribution in [0.15, 0.2) is 79.3 Å². The van der Waals surface area contributed by atoms with Gasteiger partial charge in [0, 0.05) is 37.8 Å². The molecule has 0 unspecified atom stereocenters. The van der Waals surface area contributed by atoms with E-state index in [1.807, 2.05) is 60.2 Å². The highest BCUT2D eigenvalue weighted by molar-refractivity contribution is 5.78. The Labute approximate surface area is 207 Å². The van der Waals surface area contributed by atoms with Gasteiger partial charge >= 0.3 is 6.03 Å². The van der Waals surface area contributed by atoms with Gasteiger partial charge in [-0.3, -0.25) is 4.90 Å². The summed E-state index contributed by atoms with van der Waals surface area (Å²) in [5.41, 5.74) is 3.28. The number of anilines is 1. The number of benzene rings is 2. The number of nitrogens with zero attached hydrogens (tertiary/aromatic N) is 5. The second-order valence-electron chi connectivity index (χ2n) is 9.91. The molecule has 0 atom stereocenters. The molecule has 0 radical (unpaired) electrons. The third-order valence-corrected chi connectivity index (χ3v) is 7.25. The molecule has 2 aromatic carbocycles. The number of hydrogen-bond acceptors (Lipinski definition) is 5. The van der Waals surface area contributed by atoms with Crippen LogP contribution in [0.1, 0.15) is 25.3 Å². The SMILES string of the molecule is C=C(C)N(C)c1cnn(C(=O)N2CC3(CCN(Cc4cccc(Oc5ccccc5)c4)CC3)C2)c1. The molecule has 0 bridgehead atoms. The highest BCUT2D eigenvalue weighted by Crippen LogP contribution is 2.41. The number of aromatic nitrogens is 2. The molecule has 0 aliphatic carbocycles. The van der Waals surface area contributed by atoms with E-state index in [1.54, 1.807) is 12.4 Å². The molecule has 0 N–H and O–H groups in total. The van der Waals surface area contributed by atoms with Crippen molar-refractivity contribution in [3.63, 3.8) is 0 Å². The Hall–Kier alpha value is -3.58. The fourth-order valence-corrected chi connectivity index (χ4v) is 4.95. The summed E-state index contributed by atoms with van der Waals surface area (Å²) in [6.07, 6.45) is 5.71. The van der Waals surface area contributed by atoms with Crippen molar-refractivity contribution >= 4 is 11.7 Å². The Kier molecular flexibility index (Phi) is 6.34. The van der Waals surface area contributed by atoms with Crippen LogP contribution >= 0.6 is 0 Å². The Bertz CT molecular complexity index is 1190. The number of para-hydroxylation sites is 1. The van der Waals surface area contributed by atoms with E-state index in [0.717, 1.165) is 68.4 Å². The second-order valence-corrected chi connectivity index (χ2v) is 9.91. The van der Waals surface area contributed by atoms with E-state index in [9.17, 15) is 4.79 Å². The molecular formula is C28H33N5O2. The summed E-state index contributed by atoms with van der Waals surface area (Å²) in [5.74, 6) is 1.72. The zero-order valence-electron chi connectivity index (χ0n) is 20.6. The normalized spacial score (nSPS) is 17.1. The predicted molar refractivity (Wildman–Crippen MR) is 138 cm³/mol. The number of carbonyl (C=O) groups is 1. The summed E-state index contributed by atoms with van der Waals surface area (Å²) in [7, 11) is 1.92. The smallest absolute Gasteiger partial charge is 0.344 e. The van der Waals surface area contributed by atoms with E-state index < -0.39 is 0 Å². The quantitative estimate of drug-likeness (QED) is 0.494. The average molecular weight is 472 g/mol. The molecule has 1 amide bonds. The lowest BCUT2D eigenvalue weighted by Gasteiger charge is -2.53. The first kappa shape index (κ1) is 23.2. The number of amides is 1. The van der Waals surface area contributed by atoms with Crippen molar-refractivity contribution in [1.29, 1.82) is 0 Å². The number of allylic oxidation sites excluding steroid dienone is 1. The van der Waals surface area contributed by atoms with Crippen LogP contribution in [0.3, 0.4) is 0 Å². The minimum Gasteiger partial charge on any atom is -0.457 e. The zero-order valence-corrected chi connectivity index (χ0v) is 20.6. The minimum absolute atomic E-state index is 0.0466. The molecule has 2 aliphatic heterocycles. The number of piperidine rings is 1. The lowest BCUT2D eigenvalue weighted by Crippen LogP contribution is -2.62. The van der Waals surface area contributed by atoms with Crippen molar-refractivity contribution in [2.75, 3.05) is 38.1 Å². The standard InChI is InChI=1S/C28H33N5O2/c1-22(2)30(3)24-17-29-33(19-24)27(34)32-20-28(21-32)12-14-31(15-13-28)18-23-8-7-11-26(16-23)35-25-9-5-4-6-10-25/h4-11,16-17,19H,1,12-15,18,20-21H2,2-3H3. The minimum atomic E-state index is -0.0466. The van der Waals surface area contributed by atoms with Gasteiger partial charge in [-0.05, 0) is 62.7 Å². The van der Waals surface area contributed by atoms with Gasteiger partial charge in [-0.2, -0.15) is 9.78 Å². The lowest BCUT2D eigenvalue weighted by atomic mass is 9.72. The third-order valence-electron chi connectivity index (χ3n) is 7.25. The summed E-state index contributed by atoms with van der Waals surface area (Å²) in [4.78, 5) is 19.2. The molecule has 1 aromatic heterocycles. The molecule has 2 aliphatic rings. The summed E-state index contributed by atoms with van der Waals surface area (Å²) < 4.78 is 7.44. The van der Waals surface area contributed by atoms with Crippen molar-refractivity contribution in [3.05, 3.63) is 84.8 Å². The zero-order chi connectivity index (χ0) is 24.4. The van der Waals surface area contributed by atoms with Gasteiger partial charge in [-0.15, -0.1) is 0 Å². The van der Waals surface area contributed by atoms with E-state index in [2.05, 4.69) is 34.8 Å². The predicted octanol–water partition coefficient (Wildman–Crippen LogP) is 5.21. The average Bonchev–Trinajstić information content (AvgIpc) is 3.33. The van der Waals surface area contributed by atoms with E-state index in [1.165, 1.54) is 10.2 Å². The number of likely N-dealkylation sites (tertiary alicyclic amines) is 2. The Morgan fingerprint density at radius 1 is 1.09 bits per heavy atom. The molecule has 2 saturated heterocycles. The van der Waals surface area contributed by atoms with Crippen LogP contribution in [0.4, 0.5) is 10.5 Å². The van der Waals surface area contributed by atoms with Crippen molar-refractivity contribution in [2.24, 2.45) is 5.41 Å². The topological polar surface area (TPSA) is 53.8 Å². The molecule has 2 fully saturated rings. The summed E-state index contributed by atoms with van der Waals surface area (Å²) in [6, 6.07) is 18.2. The highest BCUT2D eigenvalue weighted by Gasteiger charge is 2.47. The molecule has 7 heteroatoms. The van der Waals surface area contributed by atoms with Gasteiger partial charge in [0.15, 0.2) is 0 Å². The van der Waals surface area contributed by atoms with E-state index in [0.29, 0.717) is 0 Å². The highest BCUT2D eigenvalue weighted by atomic mass is 16.5. The first-order valence-corrected chi connectivity index (χ1v) is 12.2. The van der Waals surface area contributed by atoms with Crippen LogP contribution in [0.25, 0.3) is 0 Å². The number of carbonyl (C=O) groups excluding carboxylic acids is 1. The third kappa shape index (κ3) is 5.10. The van der Waals surface area contributed by atoms with Gasteiger partial charge in [-0.1, -0.05) is 36.9 Å². The first-order valence-electron chi connectivity index (χ1n) is 12.2. The molecule has 1 spiro atoms. The first-order chi connectivity index (χ1) is 16.9. The fraction of sp³-hybridized carbons (Fsp3) is 0.357. The summed E-state index contributed by atoms with van der Waals surface area (Å²) in [6.45, 7) is 10.5. The molecular weight excluding hydrogens is 438 g/mol. The van der Waals surface area contributed by atoms with Crippen LogP contribution in [0.2, 0.25) is 0 Å². The van der Waals surface area contributed by atoms with Crippen molar-refractivity contribution in [1.82, 2.24) is 19.6 Å². The summed E-state index contributed by atoms with van der Waals surface area (Å²) >= 11 is 0. The van der Waals surface area contributed by atoms with Crippen LogP contribution in [0, 0.1) is 5.41 Å². The maximum absolute atomic E-state index is 12.9. The monoisotopic (exact) mass is 471 g/mol. The molecule has 7 nitrogen and oxygen atoms in total. The van der Waals surface area contributed by atoms with Crippen molar-refractivity contribution < 1.29 is 9.53 Å². The van der Waals surface area contributed by atoms with E-state index in [4.69, 9.17) is 4.74 Å². The van der Waals surface area contributed by atoms with Gasteiger partial charge in [0.1, 0.15) is 11.5 Å². The Morgan fingerprint density at radius 2 is 1.80 bits per heavy atom. The van der Waals surface area contributed by atoms with E-state index in [-0.39, 0.29) is 11.4 Å². The van der Waals surface area contributed by atoms with Crippen molar-refractivity contribution in [3.8, 4) is 11.5 Å². The number of rotatable bonds is 6. The molecule has 0 saturated carbocycles. The molecule has 3 aromatic rings. The molecule has 35 heavy (non-hydrogen) atoms. The maximum Gasteiger partial charge on any atom is 0.344 e. The van der Waals surface area contributed by atoms with Crippen LogP contribution in [-0.2, 0) is 6.54 Å². The Balaban J connectivity index is 1.11. The van der Waals surface area contributed by atoms with Gasteiger partial charge in [0.2, 0.25) is 0 Å². The number of hydrogen-bond donors (Lipinski definition) is 0. The summed E-state index contributed by atoms with van der Waals surface area (Å²) in [5, 5.41) is 4.27. The fourth-order valence-electron chi connectivity index (χ4n) is 4.95. The molecule has 5 rings (SSSR count). The number of ether oxygens (including phenoxy) is 1. The maximum atomic E-state index is 12.9. The lowest BCUT2D eigenvalue weighted by molar-refractivity contribution is -0.0235. The molecule has 3 heterocycles. The largest absolute Gasteiger partial charge is 0.457 e.